The molecule has 0 heterocycles. The van der Waals surface area contributed by atoms with E-state index in [9.17, 15) is 0 Å². The maximum Gasteiger partial charge on any atom is -0.00941 e. The van der Waals surface area contributed by atoms with Gasteiger partial charge in [-0.1, -0.05) is 72.8 Å². The first-order valence-electron chi connectivity index (χ1n) is 6.29. The van der Waals surface area contributed by atoms with Gasteiger partial charge in [-0.05, 0) is 29.5 Å². The van der Waals surface area contributed by atoms with Gasteiger partial charge in [-0.15, -0.1) is 6.58 Å². The molecule has 2 aromatic rings. The SMILES string of the molecule is C=CCc1ccc(C/C=C/c2ccccc2)cc1. The number of hydrogen-bond donors (Lipinski definition) is 0. The van der Waals surface area contributed by atoms with Crippen molar-refractivity contribution >= 4 is 6.08 Å². The first-order chi connectivity index (χ1) is 8.88. The van der Waals surface area contributed by atoms with Crippen molar-refractivity contribution in [3.63, 3.8) is 0 Å². The fourth-order valence-corrected chi connectivity index (χ4v) is 1.87. The molecular formula is C18H18. The van der Waals surface area contributed by atoms with Crippen LogP contribution in [0.25, 0.3) is 6.08 Å². The van der Waals surface area contributed by atoms with Crippen molar-refractivity contribution < 1.29 is 0 Å². The topological polar surface area (TPSA) is 0 Å². The highest BCUT2D eigenvalue weighted by atomic mass is 14.0. The van der Waals surface area contributed by atoms with Gasteiger partial charge in [0.05, 0.1) is 0 Å². The molecule has 0 aliphatic carbocycles. The highest BCUT2D eigenvalue weighted by Crippen LogP contribution is 2.08. The van der Waals surface area contributed by atoms with Gasteiger partial charge >= 0.3 is 0 Å². The van der Waals surface area contributed by atoms with Crippen molar-refractivity contribution in [1.82, 2.24) is 0 Å². The number of hydrogen-bond acceptors (Lipinski definition) is 0. The van der Waals surface area contributed by atoms with Gasteiger partial charge in [-0.25, -0.2) is 0 Å². The van der Waals surface area contributed by atoms with Crippen LogP contribution in [0.15, 0.2) is 73.3 Å². The lowest BCUT2D eigenvalue weighted by Gasteiger charge is -1.99. The molecule has 0 amide bonds. The number of rotatable bonds is 5. The van der Waals surface area contributed by atoms with Crippen LogP contribution in [-0.4, -0.2) is 0 Å². The van der Waals surface area contributed by atoms with Gasteiger partial charge in [0.1, 0.15) is 0 Å². The minimum absolute atomic E-state index is 0.945. The minimum Gasteiger partial charge on any atom is -0.103 e. The summed E-state index contributed by atoms with van der Waals surface area (Å²) < 4.78 is 0. The Balaban J connectivity index is 1.94. The Bertz CT molecular complexity index is 503. The zero-order valence-electron chi connectivity index (χ0n) is 10.5. The van der Waals surface area contributed by atoms with Crippen molar-refractivity contribution in [2.24, 2.45) is 0 Å². The summed E-state index contributed by atoms with van der Waals surface area (Å²) in [5, 5.41) is 0. The van der Waals surface area contributed by atoms with Crippen LogP contribution in [0.1, 0.15) is 16.7 Å². The quantitative estimate of drug-likeness (QED) is 0.659. The zero-order valence-corrected chi connectivity index (χ0v) is 10.5. The van der Waals surface area contributed by atoms with Crippen molar-refractivity contribution in [3.05, 3.63) is 90.0 Å². The van der Waals surface area contributed by atoms with E-state index in [4.69, 9.17) is 0 Å². The van der Waals surface area contributed by atoms with Crippen LogP contribution in [0.2, 0.25) is 0 Å². The van der Waals surface area contributed by atoms with E-state index in [1.165, 1.54) is 16.7 Å². The lowest BCUT2D eigenvalue weighted by molar-refractivity contribution is 1.22. The fourth-order valence-electron chi connectivity index (χ4n) is 1.87. The molecule has 0 N–H and O–H groups in total. The Kier molecular flexibility index (Phi) is 4.54. The molecule has 0 radical (unpaired) electrons. The van der Waals surface area contributed by atoms with Gasteiger partial charge in [0, 0.05) is 0 Å². The fraction of sp³-hybridized carbons (Fsp3) is 0.111. The third-order valence-corrected chi connectivity index (χ3v) is 2.87. The molecule has 2 aromatic carbocycles. The molecule has 0 spiro atoms. The van der Waals surface area contributed by atoms with Gasteiger partial charge in [0.2, 0.25) is 0 Å². The third kappa shape index (κ3) is 3.74. The number of allylic oxidation sites excluding steroid dienone is 2. The second-order valence-corrected chi connectivity index (χ2v) is 4.33. The van der Waals surface area contributed by atoms with E-state index in [2.05, 4.69) is 67.3 Å². The van der Waals surface area contributed by atoms with Crippen molar-refractivity contribution in [3.8, 4) is 0 Å². The highest BCUT2D eigenvalue weighted by Gasteiger charge is 1.91. The van der Waals surface area contributed by atoms with Crippen LogP contribution in [0.4, 0.5) is 0 Å². The third-order valence-electron chi connectivity index (χ3n) is 2.87. The summed E-state index contributed by atoms with van der Waals surface area (Å²) >= 11 is 0. The van der Waals surface area contributed by atoms with Crippen LogP contribution >= 0.6 is 0 Å². The lowest BCUT2D eigenvalue weighted by Crippen LogP contribution is -1.84. The van der Waals surface area contributed by atoms with Crippen LogP contribution in [0.3, 0.4) is 0 Å². The van der Waals surface area contributed by atoms with Gasteiger partial charge < -0.3 is 0 Å². The van der Waals surface area contributed by atoms with Crippen LogP contribution in [0, 0.1) is 0 Å². The Labute approximate surface area is 109 Å². The predicted molar refractivity (Wildman–Crippen MR) is 79.5 cm³/mol. The molecule has 0 saturated carbocycles. The maximum absolute atomic E-state index is 3.75. The molecule has 18 heavy (non-hydrogen) atoms. The molecule has 0 unspecified atom stereocenters. The van der Waals surface area contributed by atoms with E-state index in [-0.39, 0.29) is 0 Å². The van der Waals surface area contributed by atoms with Gasteiger partial charge in [0.25, 0.3) is 0 Å². The molecule has 0 heteroatoms. The molecule has 0 aliphatic heterocycles. The van der Waals surface area contributed by atoms with Crippen LogP contribution in [0.5, 0.6) is 0 Å². The molecule has 0 aliphatic rings. The van der Waals surface area contributed by atoms with Crippen LogP contribution < -0.4 is 0 Å². The molecule has 0 aromatic heterocycles. The smallest absolute Gasteiger partial charge is 0.00941 e. The Morgan fingerprint density at radius 2 is 1.39 bits per heavy atom. The maximum atomic E-state index is 3.75. The number of benzene rings is 2. The molecular weight excluding hydrogens is 216 g/mol. The van der Waals surface area contributed by atoms with Crippen molar-refractivity contribution in [2.45, 2.75) is 12.8 Å². The normalized spacial score (nSPS) is 10.7. The monoisotopic (exact) mass is 234 g/mol. The van der Waals surface area contributed by atoms with E-state index in [0.717, 1.165) is 12.8 Å². The van der Waals surface area contributed by atoms with Gasteiger partial charge in [0.15, 0.2) is 0 Å². The van der Waals surface area contributed by atoms with E-state index < -0.39 is 0 Å². The van der Waals surface area contributed by atoms with Crippen LogP contribution in [-0.2, 0) is 12.8 Å². The van der Waals surface area contributed by atoms with Gasteiger partial charge in [-0.3, -0.25) is 0 Å². The second-order valence-electron chi connectivity index (χ2n) is 4.33. The molecule has 0 bridgehead atoms. The average molecular weight is 234 g/mol. The summed E-state index contributed by atoms with van der Waals surface area (Å²) in [5.41, 5.74) is 3.91. The summed E-state index contributed by atoms with van der Waals surface area (Å²) in [5.74, 6) is 0. The molecule has 0 atom stereocenters. The van der Waals surface area contributed by atoms with Crippen molar-refractivity contribution in [2.75, 3.05) is 0 Å². The van der Waals surface area contributed by atoms with E-state index in [0.29, 0.717) is 0 Å². The average Bonchev–Trinajstić information content (AvgIpc) is 2.42. The summed E-state index contributed by atoms with van der Waals surface area (Å²) in [6.07, 6.45) is 8.23. The van der Waals surface area contributed by atoms with Crippen molar-refractivity contribution in [1.29, 1.82) is 0 Å². The molecule has 2 rings (SSSR count). The first kappa shape index (κ1) is 12.4. The van der Waals surface area contributed by atoms with E-state index in [1.54, 1.807) is 0 Å². The Morgan fingerprint density at radius 1 is 0.778 bits per heavy atom. The zero-order chi connectivity index (χ0) is 12.6. The Hall–Kier alpha value is -2.08. The predicted octanol–water partition coefficient (Wildman–Crippen LogP) is 4.67. The summed E-state index contributed by atoms with van der Waals surface area (Å²) in [6, 6.07) is 19.1. The van der Waals surface area contributed by atoms with Gasteiger partial charge in [-0.2, -0.15) is 0 Å². The molecule has 90 valence electrons. The first-order valence-corrected chi connectivity index (χ1v) is 6.29. The molecule has 0 nitrogen and oxygen atoms in total. The molecule has 0 saturated heterocycles. The summed E-state index contributed by atoms with van der Waals surface area (Å²) in [4.78, 5) is 0. The minimum atomic E-state index is 0.945. The molecule has 0 fully saturated rings. The Morgan fingerprint density at radius 3 is 2.00 bits per heavy atom. The lowest BCUT2D eigenvalue weighted by atomic mass is 10.1. The summed E-state index contributed by atoms with van der Waals surface area (Å²) in [7, 11) is 0. The summed E-state index contributed by atoms with van der Waals surface area (Å²) in [6.45, 7) is 3.75. The standard InChI is InChI=1S/C18H18/c1-2-7-16-12-14-18(15-13-16)11-6-10-17-8-4-3-5-9-17/h2-6,8-10,12-15H,1,7,11H2/b10-6+. The highest BCUT2D eigenvalue weighted by molar-refractivity contribution is 5.49. The van der Waals surface area contributed by atoms with E-state index >= 15 is 0 Å². The largest absolute Gasteiger partial charge is 0.103 e. The second kappa shape index (κ2) is 6.61. The van der Waals surface area contributed by atoms with E-state index in [1.807, 2.05) is 12.1 Å².